The molecular formula is C12H7Cl2F2NO. The summed E-state index contributed by atoms with van der Waals surface area (Å²) >= 11 is 11.9. The average molecular weight is 290 g/mol. The first-order valence-electron chi connectivity index (χ1n) is 4.94. The van der Waals surface area contributed by atoms with Gasteiger partial charge in [0.2, 0.25) is 0 Å². The number of rotatable bonds is 3. The van der Waals surface area contributed by atoms with Gasteiger partial charge in [-0.25, -0.2) is 0 Å². The number of nitrogens with zero attached hydrogens (tertiary/aromatic N) is 1. The molecule has 0 aliphatic heterocycles. The molecule has 0 unspecified atom stereocenters. The number of pyridine rings is 1. The molecule has 0 spiro atoms. The molecule has 0 atom stereocenters. The largest absolute Gasteiger partial charge is 0.432 e. The SMILES string of the molecule is FC(F)Oc1cccnc1-c1cccc(Cl)c1Cl. The van der Waals surface area contributed by atoms with Crippen molar-refractivity contribution in [2.24, 2.45) is 0 Å². The van der Waals surface area contributed by atoms with Gasteiger partial charge in [-0.1, -0.05) is 35.3 Å². The van der Waals surface area contributed by atoms with Gasteiger partial charge >= 0.3 is 6.61 Å². The predicted molar refractivity (Wildman–Crippen MR) is 66.3 cm³/mol. The molecular weight excluding hydrogens is 283 g/mol. The van der Waals surface area contributed by atoms with Gasteiger partial charge in [0.25, 0.3) is 0 Å². The van der Waals surface area contributed by atoms with Gasteiger partial charge in [0.15, 0.2) is 5.75 Å². The number of benzene rings is 1. The summed E-state index contributed by atoms with van der Waals surface area (Å²) in [5, 5.41) is 0.569. The van der Waals surface area contributed by atoms with Gasteiger partial charge in [-0.05, 0) is 18.2 Å². The van der Waals surface area contributed by atoms with E-state index in [1.165, 1.54) is 18.3 Å². The molecule has 1 heterocycles. The quantitative estimate of drug-likeness (QED) is 0.820. The molecule has 18 heavy (non-hydrogen) atoms. The minimum atomic E-state index is -2.93. The van der Waals surface area contributed by atoms with Gasteiger partial charge in [0.1, 0.15) is 5.69 Å². The van der Waals surface area contributed by atoms with Crippen LogP contribution in [0.1, 0.15) is 0 Å². The van der Waals surface area contributed by atoms with E-state index in [9.17, 15) is 8.78 Å². The van der Waals surface area contributed by atoms with Crippen molar-refractivity contribution in [3.63, 3.8) is 0 Å². The molecule has 0 saturated heterocycles. The Morgan fingerprint density at radius 1 is 1.11 bits per heavy atom. The van der Waals surface area contributed by atoms with Crippen LogP contribution in [0.2, 0.25) is 10.0 Å². The summed E-state index contributed by atoms with van der Waals surface area (Å²) in [4.78, 5) is 4.00. The fourth-order valence-electron chi connectivity index (χ4n) is 1.47. The third-order valence-corrected chi connectivity index (χ3v) is 3.01. The number of hydrogen-bond donors (Lipinski definition) is 0. The molecule has 1 aromatic heterocycles. The van der Waals surface area contributed by atoms with E-state index in [-0.39, 0.29) is 16.5 Å². The summed E-state index contributed by atoms with van der Waals surface area (Å²) in [6.07, 6.45) is 1.46. The third-order valence-electron chi connectivity index (χ3n) is 2.19. The van der Waals surface area contributed by atoms with Crippen LogP contribution in [0.3, 0.4) is 0 Å². The van der Waals surface area contributed by atoms with Gasteiger partial charge in [0, 0.05) is 11.8 Å². The molecule has 1 aromatic carbocycles. The maximum atomic E-state index is 12.3. The van der Waals surface area contributed by atoms with Crippen LogP contribution in [0, 0.1) is 0 Å². The first kappa shape index (κ1) is 13.1. The summed E-state index contributed by atoms with van der Waals surface area (Å²) in [6, 6.07) is 7.79. The lowest BCUT2D eigenvalue weighted by Crippen LogP contribution is -2.04. The van der Waals surface area contributed by atoms with Crippen molar-refractivity contribution in [3.05, 3.63) is 46.6 Å². The van der Waals surface area contributed by atoms with Crippen molar-refractivity contribution in [3.8, 4) is 17.0 Å². The summed E-state index contributed by atoms with van der Waals surface area (Å²) in [5.74, 6) is -0.0448. The smallest absolute Gasteiger partial charge is 0.387 e. The molecule has 0 N–H and O–H groups in total. The first-order chi connectivity index (χ1) is 8.59. The molecule has 0 radical (unpaired) electrons. The zero-order chi connectivity index (χ0) is 13.1. The second kappa shape index (κ2) is 5.50. The topological polar surface area (TPSA) is 22.1 Å². The minimum Gasteiger partial charge on any atom is -0.432 e. The molecule has 0 amide bonds. The molecule has 0 aliphatic carbocycles. The summed E-state index contributed by atoms with van der Waals surface area (Å²) in [5.41, 5.74) is 0.672. The van der Waals surface area contributed by atoms with E-state index in [4.69, 9.17) is 23.2 Å². The van der Waals surface area contributed by atoms with Crippen LogP contribution >= 0.6 is 23.2 Å². The summed E-state index contributed by atoms with van der Waals surface area (Å²) in [6.45, 7) is -2.93. The Morgan fingerprint density at radius 2 is 1.89 bits per heavy atom. The van der Waals surface area contributed by atoms with Crippen molar-refractivity contribution in [2.45, 2.75) is 6.61 Å². The number of alkyl halides is 2. The average Bonchev–Trinajstić information content (AvgIpc) is 2.33. The van der Waals surface area contributed by atoms with Gasteiger partial charge in [-0.2, -0.15) is 8.78 Å². The Hall–Kier alpha value is -1.39. The Bertz CT molecular complexity index is 564. The van der Waals surface area contributed by atoms with Gasteiger partial charge in [-0.15, -0.1) is 0 Å². The maximum absolute atomic E-state index is 12.3. The van der Waals surface area contributed by atoms with Crippen molar-refractivity contribution in [1.82, 2.24) is 4.98 Å². The molecule has 2 rings (SSSR count). The highest BCUT2D eigenvalue weighted by atomic mass is 35.5. The first-order valence-corrected chi connectivity index (χ1v) is 5.69. The molecule has 2 nitrogen and oxygen atoms in total. The van der Waals surface area contributed by atoms with Crippen molar-refractivity contribution in [1.29, 1.82) is 0 Å². The van der Waals surface area contributed by atoms with Crippen LogP contribution < -0.4 is 4.74 Å². The monoisotopic (exact) mass is 289 g/mol. The fourth-order valence-corrected chi connectivity index (χ4v) is 1.86. The van der Waals surface area contributed by atoms with E-state index in [1.807, 2.05) is 0 Å². The van der Waals surface area contributed by atoms with Gasteiger partial charge in [0.05, 0.1) is 10.0 Å². The molecule has 0 saturated carbocycles. The Morgan fingerprint density at radius 3 is 2.61 bits per heavy atom. The minimum absolute atomic E-state index is 0.0448. The number of halogens is 4. The van der Waals surface area contributed by atoms with E-state index < -0.39 is 6.61 Å². The van der Waals surface area contributed by atoms with Crippen LogP contribution in [0.25, 0.3) is 11.3 Å². The van der Waals surface area contributed by atoms with Crippen molar-refractivity contribution in [2.75, 3.05) is 0 Å². The predicted octanol–water partition coefficient (Wildman–Crippen LogP) is 4.66. The lowest BCUT2D eigenvalue weighted by molar-refractivity contribution is -0.0496. The highest BCUT2D eigenvalue weighted by molar-refractivity contribution is 6.43. The molecule has 6 heteroatoms. The second-order valence-corrected chi connectivity index (χ2v) is 4.12. The second-order valence-electron chi connectivity index (χ2n) is 3.33. The van der Waals surface area contributed by atoms with Crippen molar-refractivity contribution < 1.29 is 13.5 Å². The molecule has 2 aromatic rings. The Kier molecular flexibility index (Phi) is 3.99. The van der Waals surface area contributed by atoms with Crippen LogP contribution in [-0.4, -0.2) is 11.6 Å². The van der Waals surface area contributed by atoms with Crippen LogP contribution in [0.15, 0.2) is 36.5 Å². The normalized spacial score (nSPS) is 10.7. The van der Waals surface area contributed by atoms with E-state index in [0.29, 0.717) is 10.6 Å². The summed E-state index contributed by atoms with van der Waals surface area (Å²) in [7, 11) is 0. The van der Waals surface area contributed by atoms with Gasteiger partial charge < -0.3 is 4.74 Å². The lowest BCUT2D eigenvalue weighted by Gasteiger charge is -2.11. The maximum Gasteiger partial charge on any atom is 0.387 e. The lowest BCUT2D eigenvalue weighted by atomic mass is 10.1. The standard InChI is InChI=1S/C12H7Cl2F2NO/c13-8-4-1-3-7(10(8)14)11-9(18-12(15)16)5-2-6-17-11/h1-6,12H. The van der Waals surface area contributed by atoms with Crippen LogP contribution in [0.4, 0.5) is 8.78 Å². The molecule has 0 fully saturated rings. The van der Waals surface area contributed by atoms with E-state index >= 15 is 0 Å². The molecule has 94 valence electrons. The zero-order valence-electron chi connectivity index (χ0n) is 8.91. The number of hydrogen-bond acceptors (Lipinski definition) is 2. The van der Waals surface area contributed by atoms with Crippen LogP contribution in [-0.2, 0) is 0 Å². The highest BCUT2D eigenvalue weighted by Gasteiger charge is 2.15. The fraction of sp³-hybridized carbons (Fsp3) is 0.0833. The van der Waals surface area contributed by atoms with Gasteiger partial charge in [-0.3, -0.25) is 4.98 Å². The van der Waals surface area contributed by atoms with Crippen LogP contribution in [0.5, 0.6) is 5.75 Å². The molecule has 0 aliphatic rings. The zero-order valence-corrected chi connectivity index (χ0v) is 10.4. The van der Waals surface area contributed by atoms with E-state index in [1.54, 1.807) is 18.2 Å². The Labute approximate surface area is 112 Å². The molecule has 0 bridgehead atoms. The number of aromatic nitrogens is 1. The Balaban J connectivity index is 2.53. The third kappa shape index (κ3) is 2.71. The summed E-state index contributed by atoms with van der Waals surface area (Å²) < 4.78 is 29.0. The van der Waals surface area contributed by atoms with Crippen molar-refractivity contribution >= 4 is 23.2 Å². The van der Waals surface area contributed by atoms with E-state index in [0.717, 1.165) is 0 Å². The van der Waals surface area contributed by atoms with E-state index in [2.05, 4.69) is 9.72 Å². The highest BCUT2D eigenvalue weighted by Crippen LogP contribution is 2.37. The number of ether oxygens (including phenoxy) is 1.